The van der Waals surface area contributed by atoms with Gasteiger partial charge in [0, 0.05) is 24.3 Å². The zero-order valence-corrected chi connectivity index (χ0v) is 21.3. The van der Waals surface area contributed by atoms with Gasteiger partial charge in [0.05, 0.1) is 18.1 Å². The van der Waals surface area contributed by atoms with Gasteiger partial charge in [-0.05, 0) is 41.0 Å². The summed E-state index contributed by atoms with van der Waals surface area (Å²) >= 11 is 0. The van der Waals surface area contributed by atoms with Crippen molar-refractivity contribution in [2.24, 2.45) is 0 Å². The van der Waals surface area contributed by atoms with Gasteiger partial charge >= 0.3 is 18.1 Å². The molecular weight excluding hydrogens is 533 g/mol. The Hall–Kier alpha value is -4.19. The second-order valence-corrected chi connectivity index (χ2v) is 11.3. The summed E-state index contributed by atoms with van der Waals surface area (Å²) in [4.78, 5) is 16.7. The fourth-order valence-electron chi connectivity index (χ4n) is 4.22. The van der Waals surface area contributed by atoms with Gasteiger partial charge in [0.25, 0.3) is 0 Å². The van der Waals surface area contributed by atoms with Crippen LogP contribution in [0, 0.1) is 0 Å². The highest BCUT2D eigenvalue weighted by molar-refractivity contribution is 7.91. The third-order valence-electron chi connectivity index (χ3n) is 6.32. The Morgan fingerprint density at radius 2 is 1.54 bits per heavy atom. The van der Waals surface area contributed by atoms with Crippen LogP contribution in [-0.4, -0.2) is 54.1 Å². The van der Waals surface area contributed by atoms with Crippen molar-refractivity contribution >= 4 is 21.6 Å². The molecule has 1 fully saturated rings. The van der Waals surface area contributed by atoms with Crippen LogP contribution in [0.25, 0.3) is 22.6 Å². The van der Waals surface area contributed by atoms with Gasteiger partial charge in [-0.25, -0.2) is 13.2 Å². The molecule has 2 heterocycles. The molecule has 0 bridgehead atoms. The van der Waals surface area contributed by atoms with Gasteiger partial charge < -0.3 is 9.32 Å². The monoisotopic (exact) mass is 556 g/mol. The maximum atomic E-state index is 13.7. The number of alkyl halides is 3. The number of hydrogen-bond donors (Lipinski definition) is 0. The third-order valence-corrected chi connectivity index (χ3v) is 7.93. The summed E-state index contributed by atoms with van der Waals surface area (Å²) in [7, 11) is -3.18. The van der Waals surface area contributed by atoms with Crippen LogP contribution in [0.4, 0.5) is 23.7 Å². The van der Waals surface area contributed by atoms with E-state index >= 15 is 0 Å². The summed E-state index contributed by atoms with van der Waals surface area (Å²) in [6, 6.07) is 23.2. The molecule has 0 unspecified atom stereocenters. The van der Waals surface area contributed by atoms with Crippen molar-refractivity contribution in [1.29, 1.82) is 0 Å². The maximum absolute atomic E-state index is 13.7. The predicted octanol–water partition coefficient (Wildman–Crippen LogP) is 5.28. The Labute approximate surface area is 222 Å². The Bertz CT molecular complexity index is 1560. The standard InChI is InChI=1S/C27H23F3N4O4S/c28-27(29,30)25-32-31-24(38-25)21-11-9-19(10-12-21)18-34(26(35)33-13-15-39(36,37)16-14-33)23-8-4-7-22(17-23)20-5-2-1-3-6-20/h1-12,17H,13-16,18H2. The van der Waals surface area contributed by atoms with Crippen molar-refractivity contribution in [3.8, 4) is 22.6 Å². The molecule has 12 heteroatoms. The Morgan fingerprint density at radius 1 is 0.872 bits per heavy atom. The lowest BCUT2D eigenvalue weighted by molar-refractivity contribution is -0.156. The highest BCUT2D eigenvalue weighted by Gasteiger charge is 2.38. The van der Waals surface area contributed by atoms with E-state index in [4.69, 9.17) is 4.42 Å². The smallest absolute Gasteiger partial charge is 0.413 e. The van der Waals surface area contributed by atoms with E-state index in [9.17, 15) is 26.4 Å². The number of anilines is 1. The fraction of sp³-hybridized carbons (Fsp3) is 0.222. The van der Waals surface area contributed by atoms with E-state index in [1.807, 2.05) is 48.5 Å². The fourth-order valence-corrected chi connectivity index (χ4v) is 5.42. The number of carbonyl (C=O) groups excluding carboxylic acids is 1. The molecule has 1 saturated heterocycles. The number of hydrogen-bond acceptors (Lipinski definition) is 6. The second kappa shape index (κ2) is 10.5. The predicted molar refractivity (Wildman–Crippen MR) is 138 cm³/mol. The Morgan fingerprint density at radius 3 is 2.18 bits per heavy atom. The lowest BCUT2D eigenvalue weighted by Crippen LogP contribution is -2.49. The summed E-state index contributed by atoms with van der Waals surface area (Å²) in [6.45, 7) is 0.319. The molecule has 5 rings (SSSR count). The van der Waals surface area contributed by atoms with E-state index in [-0.39, 0.29) is 43.1 Å². The minimum Gasteiger partial charge on any atom is -0.413 e. The van der Waals surface area contributed by atoms with Crippen LogP contribution >= 0.6 is 0 Å². The van der Waals surface area contributed by atoms with Crippen molar-refractivity contribution in [2.45, 2.75) is 12.7 Å². The normalized spacial score (nSPS) is 15.2. The van der Waals surface area contributed by atoms with Gasteiger partial charge in [-0.15, -0.1) is 10.2 Å². The quantitative estimate of drug-likeness (QED) is 0.332. The molecule has 0 spiro atoms. The van der Waals surface area contributed by atoms with Gasteiger partial charge in [-0.1, -0.05) is 54.6 Å². The van der Waals surface area contributed by atoms with Gasteiger partial charge in [-0.3, -0.25) is 4.90 Å². The molecular formula is C27H23F3N4O4S. The molecule has 0 aliphatic carbocycles. The van der Waals surface area contributed by atoms with E-state index < -0.39 is 21.9 Å². The molecule has 0 radical (unpaired) electrons. The molecule has 1 aliphatic rings. The summed E-state index contributed by atoms with van der Waals surface area (Å²) < 4.78 is 67.1. The van der Waals surface area contributed by atoms with E-state index in [1.54, 1.807) is 35.2 Å². The first-order valence-electron chi connectivity index (χ1n) is 12.0. The molecule has 1 aromatic heterocycles. The van der Waals surface area contributed by atoms with E-state index in [2.05, 4.69) is 10.2 Å². The minimum atomic E-state index is -4.74. The van der Waals surface area contributed by atoms with Crippen LogP contribution in [0.1, 0.15) is 11.5 Å². The lowest BCUT2D eigenvalue weighted by Gasteiger charge is -2.33. The molecule has 3 aromatic carbocycles. The summed E-state index contributed by atoms with van der Waals surface area (Å²) in [5.41, 5.74) is 3.48. The van der Waals surface area contributed by atoms with Gasteiger partial charge in [0.15, 0.2) is 9.84 Å². The van der Waals surface area contributed by atoms with Gasteiger partial charge in [-0.2, -0.15) is 13.2 Å². The number of urea groups is 1. The van der Waals surface area contributed by atoms with Crippen molar-refractivity contribution in [1.82, 2.24) is 15.1 Å². The maximum Gasteiger partial charge on any atom is 0.470 e. The number of rotatable bonds is 5. The second-order valence-electron chi connectivity index (χ2n) is 9.03. The number of benzene rings is 3. The topological polar surface area (TPSA) is 96.6 Å². The average molecular weight is 557 g/mol. The van der Waals surface area contributed by atoms with E-state index in [1.165, 1.54) is 4.90 Å². The van der Waals surface area contributed by atoms with Gasteiger partial charge in [0.2, 0.25) is 5.89 Å². The molecule has 0 saturated carbocycles. The molecule has 0 N–H and O–H groups in total. The van der Waals surface area contributed by atoms with Crippen LogP contribution in [0.15, 0.2) is 83.3 Å². The van der Waals surface area contributed by atoms with Crippen LogP contribution in [0.5, 0.6) is 0 Å². The zero-order chi connectivity index (χ0) is 27.6. The summed E-state index contributed by atoms with van der Waals surface area (Å²) in [6.07, 6.45) is -4.74. The molecule has 1 aliphatic heterocycles. The van der Waals surface area contributed by atoms with Crippen molar-refractivity contribution in [3.63, 3.8) is 0 Å². The molecule has 4 aromatic rings. The molecule has 0 atom stereocenters. The lowest BCUT2D eigenvalue weighted by atomic mass is 10.0. The molecule has 39 heavy (non-hydrogen) atoms. The summed E-state index contributed by atoms with van der Waals surface area (Å²) in [5.74, 6) is -1.91. The van der Waals surface area contributed by atoms with Crippen LogP contribution in [0.3, 0.4) is 0 Å². The first kappa shape index (κ1) is 26.4. The number of amides is 2. The number of aromatic nitrogens is 2. The van der Waals surface area contributed by atoms with Crippen molar-refractivity contribution in [2.75, 3.05) is 29.5 Å². The first-order valence-corrected chi connectivity index (χ1v) is 13.8. The van der Waals surface area contributed by atoms with Gasteiger partial charge in [0.1, 0.15) is 0 Å². The van der Waals surface area contributed by atoms with Crippen LogP contribution in [-0.2, 0) is 22.6 Å². The van der Waals surface area contributed by atoms with E-state index in [0.717, 1.165) is 11.1 Å². The van der Waals surface area contributed by atoms with Crippen molar-refractivity contribution < 1.29 is 30.8 Å². The number of carbonyl (C=O) groups is 1. The number of nitrogens with zero attached hydrogens (tertiary/aromatic N) is 4. The Kier molecular flexibility index (Phi) is 7.13. The molecule has 202 valence electrons. The summed E-state index contributed by atoms with van der Waals surface area (Å²) in [5, 5.41) is 6.52. The molecule has 2 amide bonds. The first-order chi connectivity index (χ1) is 18.6. The number of sulfone groups is 1. The average Bonchev–Trinajstić information content (AvgIpc) is 3.44. The van der Waals surface area contributed by atoms with E-state index in [0.29, 0.717) is 16.8 Å². The largest absolute Gasteiger partial charge is 0.470 e. The highest BCUT2D eigenvalue weighted by atomic mass is 32.2. The van der Waals surface area contributed by atoms with Crippen LogP contribution in [0.2, 0.25) is 0 Å². The van der Waals surface area contributed by atoms with Crippen LogP contribution < -0.4 is 4.90 Å². The Balaban J connectivity index is 1.43. The molecule has 8 nitrogen and oxygen atoms in total. The third kappa shape index (κ3) is 6.11. The highest BCUT2D eigenvalue weighted by Crippen LogP contribution is 2.31. The zero-order valence-electron chi connectivity index (χ0n) is 20.5. The number of halogens is 3. The SMILES string of the molecule is O=C(N1CCS(=O)(=O)CC1)N(Cc1ccc(-c2nnc(C(F)(F)F)o2)cc1)c1cccc(-c2ccccc2)c1. The minimum absolute atomic E-state index is 0.0910. The van der Waals surface area contributed by atoms with Crippen molar-refractivity contribution in [3.05, 3.63) is 90.3 Å².